The maximum absolute atomic E-state index is 6.28. The average molecular weight is 349 g/mol. The first-order chi connectivity index (χ1) is 11.6. The fourth-order valence-corrected chi connectivity index (χ4v) is 4.82. The van der Waals surface area contributed by atoms with Crippen LogP contribution in [0.25, 0.3) is 0 Å². The summed E-state index contributed by atoms with van der Waals surface area (Å²) in [5, 5.41) is 0.867. The summed E-state index contributed by atoms with van der Waals surface area (Å²) < 4.78 is 0. The van der Waals surface area contributed by atoms with E-state index in [0.29, 0.717) is 12.1 Å². The summed E-state index contributed by atoms with van der Waals surface area (Å²) in [6, 6.07) is 9.74. The number of rotatable bonds is 5. The van der Waals surface area contributed by atoms with Gasteiger partial charge in [0.2, 0.25) is 0 Å². The van der Waals surface area contributed by atoms with E-state index >= 15 is 0 Å². The number of hydrogen-bond acceptors (Lipinski definition) is 2. The lowest BCUT2D eigenvalue weighted by atomic mass is 9.86. The Hall–Kier alpha value is -0.570. The second-order valence-corrected chi connectivity index (χ2v) is 8.48. The second-order valence-electron chi connectivity index (χ2n) is 8.04. The Bertz CT molecular complexity index is 510. The van der Waals surface area contributed by atoms with Gasteiger partial charge in [-0.15, -0.1) is 0 Å². The van der Waals surface area contributed by atoms with Crippen molar-refractivity contribution in [3.05, 3.63) is 34.9 Å². The van der Waals surface area contributed by atoms with E-state index < -0.39 is 0 Å². The van der Waals surface area contributed by atoms with E-state index in [1.54, 1.807) is 0 Å². The molecule has 0 amide bonds. The van der Waals surface area contributed by atoms with Crippen LogP contribution in [0.3, 0.4) is 0 Å². The van der Waals surface area contributed by atoms with Gasteiger partial charge in [0.05, 0.1) is 0 Å². The number of benzene rings is 1. The zero-order valence-electron chi connectivity index (χ0n) is 15.4. The van der Waals surface area contributed by atoms with Gasteiger partial charge in [-0.1, -0.05) is 55.8 Å². The van der Waals surface area contributed by atoms with Crippen LogP contribution in [-0.4, -0.2) is 43.0 Å². The summed E-state index contributed by atoms with van der Waals surface area (Å²) in [5.41, 5.74) is 1.40. The van der Waals surface area contributed by atoms with Gasteiger partial charge in [0, 0.05) is 23.7 Å². The molecule has 1 saturated heterocycles. The van der Waals surface area contributed by atoms with E-state index in [1.165, 1.54) is 70.0 Å². The zero-order chi connectivity index (χ0) is 16.9. The molecular weight excluding hydrogens is 316 g/mol. The summed E-state index contributed by atoms with van der Waals surface area (Å²) in [6.45, 7) is 2.47. The van der Waals surface area contributed by atoms with Crippen LogP contribution < -0.4 is 0 Å². The second kappa shape index (κ2) is 8.69. The van der Waals surface area contributed by atoms with E-state index in [4.69, 9.17) is 11.6 Å². The van der Waals surface area contributed by atoms with Gasteiger partial charge in [0.25, 0.3) is 0 Å². The Kier molecular flexibility index (Phi) is 6.60. The normalized spacial score (nSPS) is 26.8. The minimum Gasteiger partial charge on any atom is -0.306 e. The largest absolute Gasteiger partial charge is 0.306 e. The summed E-state index contributed by atoms with van der Waals surface area (Å²) in [7, 11) is 4.44. The Balaban J connectivity index is 1.68. The lowest BCUT2D eigenvalue weighted by molar-refractivity contribution is 0.0805. The lowest BCUT2D eigenvalue weighted by Gasteiger charge is -2.42. The molecule has 1 saturated carbocycles. The maximum Gasteiger partial charge on any atom is 0.0409 e. The zero-order valence-corrected chi connectivity index (χ0v) is 16.1. The Morgan fingerprint density at radius 1 is 1.12 bits per heavy atom. The molecule has 0 N–H and O–H groups in total. The van der Waals surface area contributed by atoms with E-state index in [2.05, 4.69) is 42.1 Å². The fraction of sp³-hybridized carbons (Fsp3) is 0.714. The van der Waals surface area contributed by atoms with Gasteiger partial charge >= 0.3 is 0 Å². The van der Waals surface area contributed by atoms with Crippen LogP contribution in [0, 0.1) is 5.92 Å². The fourth-order valence-electron chi connectivity index (χ4n) is 4.62. The third-order valence-corrected chi connectivity index (χ3v) is 6.43. The first-order valence-corrected chi connectivity index (χ1v) is 10.2. The lowest BCUT2D eigenvalue weighted by Crippen LogP contribution is -2.44. The molecule has 2 atom stereocenters. The monoisotopic (exact) mass is 348 g/mol. The number of halogens is 1. The molecule has 0 radical (unpaired) electrons. The smallest absolute Gasteiger partial charge is 0.0409 e. The van der Waals surface area contributed by atoms with Crippen molar-refractivity contribution in [2.75, 3.05) is 27.2 Å². The van der Waals surface area contributed by atoms with Gasteiger partial charge in [-0.3, -0.25) is 4.90 Å². The van der Waals surface area contributed by atoms with E-state index in [-0.39, 0.29) is 0 Å². The number of likely N-dealkylation sites (tertiary alicyclic amines) is 1. The van der Waals surface area contributed by atoms with Crippen LogP contribution in [0.1, 0.15) is 63.0 Å². The summed E-state index contributed by atoms with van der Waals surface area (Å²) in [5.74, 6) is 0.963. The van der Waals surface area contributed by atoms with Gasteiger partial charge in [0.15, 0.2) is 0 Å². The number of piperidine rings is 1. The van der Waals surface area contributed by atoms with Crippen molar-refractivity contribution in [1.29, 1.82) is 0 Å². The summed E-state index contributed by atoms with van der Waals surface area (Å²) in [4.78, 5) is 5.14. The highest BCUT2D eigenvalue weighted by atomic mass is 35.5. The van der Waals surface area contributed by atoms with Crippen molar-refractivity contribution in [1.82, 2.24) is 9.80 Å². The standard InChI is InChI=1S/C21H33ClN2/c1-23(2)20-12-14-24(13-11-17-7-4-3-5-8-17)21(16-20)18-9-6-10-19(22)15-18/h6,9-10,15,17,20-21H,3-5,7-8,11-14,16H2,1-2H3. The minimum atomic E-state index is 0.522. The molecule has 1 aliphatic carbocycles. The predicted molar refractivity (Wildman–Crippen MR) is 104 cm³/mol. The summed E-state index contributed by atoms with van der Waals surface area (Å²) >= 11 is 6.28. The van der Waals surface area contributed by atoms with Gasteiger partial charge in [-0.05, 0) is 63.5 Å². The number of hydrogen-bond donors (Lipinski definition) is 0. The van der Waals surface area contributed by atoms with Gasteiger partial charge in [-0.2, -0.15) is 0 Å². The maximum atomic E-state index is 6.28. The van der Waals surface area contributed by atoms with Crippen LogP contribution >= 0.6 is 11.6 Å². The van der Waals surface area contributed by atoms with Crippen molar-refractivity contribution in [3.8, 4) is 0 Å². The van der Waals surface area contributed by atoms with E-state index in [1.807, 2.05) is 6.07 Å². The third-order valence-electron chi connectivity index (χ3n) is 6.20. The molecule has 0 spiro atoms. The van der Waals surface area contributed by atoms with Crippen molar-refractivity contribution < 1.29 is 0 Å². The molecule has 2 aliphatic rings. The minimum absolute atomic E-state index is 0.522. The quantitative estimate of drug-likeness (QED) is 0.705. The molecule has 2 nitrogen and oxygen atoms in total. The SMILES string of the molecule is CN(C)C1CCN(CCC2CCCCC2)C(c2cccc(Cl)c2)C1. The highest BCUT2D eigenvalue weighted by Gasteiger charge is 2.31. The van der Waals surface area contributed by atoms with Crippen molar-refractivity contribution in [2.45, 2.75) is 63.5 Å². The molecule has 3 heteroatoms. The molecule has 0 bridgehead atoms. The molecule has 3 rings (SSSR count). The molecule has 134 valence electrons. The number of nitrogens with zero attached hydrogens (tertiary/aromatic N) is 2. The van der Waals surface area contributed by atoms with Crippen LogP contribution in [0.15, 0.2) is 24.3 Å². The molecule has 0 aromatic heterocycles. The Labute approximate surface area is 153 Å². The van der Waals surface area contributed by atoms with Gasteiger partial charge in [0.1, 0.15) is 0 Å². The molecule has 2 fully saturated rings. The van der Waals surface area contributed by atoms with Crippen LogP contribution in [-0.2, 0) is 0 Å². The van der Waals surface area contributed by atoms with Crippen molar-refractivity contribution >= 4 is 11.6 Å². The van der Waals surface area contributed by atoms with Crippen LogP contribution in [0.5, 0.6) is 0 Å². The molecule has 24 heavy (non-hydrogen) atoms. The first-order valence-electron chi connectivity index (χ1n) is 9.79. The topological polar surface area (TPSA) is 6.48 Å². The highest BCUT2D eigenvalue weighted by Crippen LogP contribution is 2.35. The van der Waals surface area contributed by atoms with Crippen molar-refractivity contribution in [2.24, 2.45) is 5.92 Å². The van der Waals surface area contributed by atoms with Crippen LogP contribution in [0.2, 0.25) is 5.02 Å². The molecule has 1 aliphatic heterocycles. The summed E-state index contributed by atoms with van der Waals surface area (Å²) in [6.07, 6.45) is 11.1. The average Bonchev–Trinajstić information content (AvgIpc) is 2.60. The highest BCUT2D eigenvalue weighted by molar-refractivity contribution is 6.30. The predicted octanol–water partition coefficient (Wildman–Crippen LogP) is 5.38. The van der Waals surface area contributed by atoms with Gasteiger partial charge in [-0.25, -0.2) is 0 Å². The van der Waals surface area contributed by atoms with Gasteiger partial charge < -0.3 is 4.90 Å². The molecule has 1 aromatic carbocycles. The van der Waals surface area contributed by atoms with E-state index in [0.717, 1.165) is 10.9 Å². The molecule has 1 aromatic rings. The molecule has 1 heterocycles. The Morgan fingerprint density at radius 2 is 1.92 bits per heavy atom. The van der Waals surface area contributed by atoms with Crippen molar-refractivity contribution in [3.63, 3.8) is 0 Å². The molecule has 2 unspecified atom stereocenters. The molecular formula is C21H33ClN2. The Morgan fingerprint density at radius 3 is 2.62 bits per heavy atom. The third kappa shape index (κ3) is 4.74. The first kappa shape index (κ1) is 18.2. The van der Waals surface area contributed by atoms with Crippen LogP contribution in [0.4, 0.5) is 0 Å². The van der Waals surface area contributed by atoms with E-state index in [9.17, 15) is 0 Å².